The van der Waals surface area contributed by atoms with Crippen LogP contribution >= 0.6 is 0 Å². The quantitative estimate of drug-likeness (QED) is 0.896. The van der Waals surface area contributed by atoms with E-state index in [-0.39, 0.29) is 19.3 Å². The zero-order valence-electron chi connectivity index (χ0n) is 11.7. The maximum atomic E-state index is 11.9. The fourth-order valence-corrected chi connectivity index (χ4v) is 2.03. The Bertz CT molecular complexity index is 661. The first-order chi connectivity index (χ1) is 10.1. The second kappa shape index (κ2) is 5.35. The third kappa shape index (κ3) is 2.76. The van der Waals surface area contributed by atoms with Gasteiger partial charge in [-0.25, -0.2) is 0 Å². The van der Waals surface area contributed by atoms with E-state index in [1.807, 2.05) is 13.8 Å². The van der Waals surface area contributed by atoms with E-state index in [9.17, 15) is 4.79 Å². The molecule has 0 unspecified atom stereocenters. The molecule has 2 N–H and O–H groups in total. The Kier molecular flexibility index (Phi) is 3.39. The van der Waals surface area contributed by atoms with Crippen LogP contribution in [0.25, 0.3) is 0 Å². The van der Waals surface area contributed by atoms with E-state index in [2.05, 4.69) is 15.5 Å². The van der Waals surface area contributed by atoms with E-state index in [4.69, 9.17) is 14.2 Å². The molecule has 1 amide bonds. The summed E-state index contributed by atoms with van der Waals surface area (Å²) >= 11 is 0. The van der Waals surface area contributed by atoms with Crippen LogP contribution in [0.4, 0.5) is 5.69 Å². The SMILES string of the molecule is Cc1n[nH]c(C)c1NC(=O)COc1ccc2c(c1)OCO2. The highest BCUT2D eigenvalue weighted by Gasteiger charge is 2.15. The Labute approximate surface area is 121 Å². The van der Waals surface area contributed by atoms with Crippen molar-refractivity contribution in [2.75, 3.05) is 18.7 Å². The Morgan fingerprint density at radius 2 is 2.19 bits per heavy atom. The van der Waals surface area contributed by atoms with Crippen LogP contribution in [0.1, 0.15) is 11.4 Å². The fraction of sp³-hybridized carbons (Fsp3) is 0.286. The summed E-state index contributed by atoms with van der Waals surface area (Å²) in [6, 6.07) is 5.18. The molecule has 2 aromatic rings. The summed E-state index contributed by atoms with van der Waals surface area (Å²) in [5.41, 5.74) is 2.24. The summed E-state index contributed by atoms with van der Waals surface area (Å²) in [5, 5.41) is 9.59. The lowest BCUT2D eigenvalue weighted by Gasteiger charge is -2.08. The number of aromatic nitrogens is 2. The molecule has 1 aliphatic rings. The summed E-state index contributed by atoms with van der Waals surface area (Å²) in [7, 11) is 0. The number of hydrogen-bond donors (Lipinski definition) is 2. The zero-order chi connectivity index (χ0) is 14.8. The highest BCUT2D eigenvalue weighted by atomic mass is 16.7. The molecular weight excluding hydrogens is 274 g/mol. The number of anilines is 1. The smallest absolute Gasteiger partial charge is 0.262 e. The minimum atomic E-state index is -0.250. The van der Waals surface area contributed by atoms with Crippen LogP contribution < -0.4 is 19.5 Å². The Morgan fingerprint density at radius 1 is 1.38 bits per heavy atom. The lowest BCUT2D eigenvalue weighted by Crippen LogP contribution is -2.20. The Balaban J connectivity index is 1.59. The summed E-state index contributed by atoms with van der Waals surface area (Å²) in [6.07, 6.45) is 0. The summed E-state index contributed by atoms with van der Waals surface area (Å²) in [6.45, 7) is 3.77. The van der Waals surface area contributed by atoms with Crippen molar-refractivity contribution < 1.29 is 19.0 Å². The van der Waals surface area contributed by atoms with Gasteiger partial charge in [0.1, 0.15) is 5.75 Å². The van der Waals surface area contributed by atoms with Crippen LogP contribution in [0.15, 0.2) is 18.2 Å². The van der Waals surface area contributed by atoms with Crippen LogP contribution in [-0.4, -0.2) is 29.5 Å². The van der Waals surface area contributed by atoms with Crippen LogP contribution in [0, 0.1) is 13.8 Å². The zero-order valence-corrected chi connectivity index (χ0v) is 11.7. The van der Waals surface area contributed by atoms with Gasteiger partial charge in [0, 0.05) is 6.07 Å². The van der Waals surface area contributed by atoms with Gasteiger partial charge in [-0.1, -0.05) is 0 Å². The van der Waals surface area contributed by atoms with Crippen molar-refractivity contribution in [1.82, 2.24) is 10.2 Å². The molecule has 0 aliphatic carbocycles. The summed E-state index contributed by atoms with van der Waals surface area (Å²) < 4.78 is 15.9. The minimum absolute atomic E-state index is 0.0935. The van der Waals surface area contributed by atoms with Crippen molar-refractivity contribution >= 4 is 11.6 Å². The number of H-pyrrole nitrogens is 1. The van der Waals surface area contributed by atoms with Crippen LogP contribution in [0.3, 0.4) is 0 Å². The minimum Gasteiger partial charge on any atom is -0.484 e. The second-order valence-electron chi connectivity index (χ2n) is 4.66. The maximum absolute atomic E-state index is 11.9. The lowest BCUT2D eigenvalue weighted by atomic mass is 10.3. The predicted molar refractivity (Wildman–Crippen MR) is 74.8 cm³/mol. The normalized spacial score (nSPS) is 12.3. The van der Waals surface area contributed by atoms with Gasteiger partial charge in [0.15, 0.2) is 18.1 Å². The highest BCUT2D eigenvalue weighted by Crippen LogP contribution is 2.35. The average molecular weight is 289 g/mol. The van der Waals surface area contributed by atoms with Gasteiger partial charge in [-0.2, -0.15) is 5.10 Å². The van der Waals surface area contributed by atoms with Crippen LogP contribution in [0.2, 0.25) is 0 Å². The number of carbonyl (C=O) groups excluding carboxylic acids is 1. The number of fused-ring (bicyclic) bond motifs is 1. The van der Waals surface area contributed by atoms with E-state index in [0.29, 0.717) is 22.9 Å². The van der Waals surface area contributed by atoms with Gasteiger partial charge in [0.05, 0.1) is 17.1 Å². The van der Waals surface area contributed by atoms with E-state index < -0.39 is 0 Å². The van der Waals surface area contributed by atoms with Gasteiger partial charge in [0.2, 0.25) is 6.79 Å². The second-order valence-corrected chi connectivity index (χ2v) is 4.66. The molecule has 21 heavy (non-hydrogen) atoms. The molecule has 7 nitrogen and oxygen atoms in total. The van der Waals surface area contributed by atoms with Gasteiger partial charge in [-0.05, 0) is 26.0 Å². The van der Waals surface area contributed by atoms with Crippen molar-refractivity contribution in [3.63, 3.8) is 0 Å². The fourth-order valence-electron chi connectivity index (χ4n) is 2.03. The topological polar surface area (TPSA) is 85.5 Å². The average Bonchev–Trinajstić information content (AvgIpc) is 3.06. The molecule has 0 spiro atoms. The van der Waals surface area contributed by atoms with Crippen LogP contribution in [0.5, 0.6) is 17.2 Å². The first-order valence-corrected chi connectivity index (χ1v) is 6.47. The molecular formula is C14H15N3O4. The number of amides is 1. The van der Waals surface area contributed by atoms with Gasteiger partial charge in [-0.3, -0.25) is 9.89 Å². The number of hydrogen-bond acceptors (Lipinski definition) is 5. The molecule has 0 radical (unpaired) electrons. The summed E-state index contributed by atoms with van der Waals surface area (Å²) in [4.78, 5) is 11.9. The number of nitrogens with zero attached hydrogens (tertiary/aromatic N) is 1. The Morgan fingerprint density at radius 3 is 2.95 bits per heavy atom. The number of nitrogens with one attached hydrogen (secondary N) is 2. The first kappa shape index (κ1) is 13.3. The molecule has 1 aliphatic heterocycles. The van der Waals surface area contributed by atoms with Crippen LogP contribution in [-0.2, 0) is 4.79 Å². The van der Waals surface area contributed by atoms with Gasteiger partial charge in [-0.15, -0.1) is 0 Å². The number of carbonyl (C=O) groups is 1. The first-order valence-electron chi connectivity index (χ1n) is 6.47. The van der Waals surface area contributed by atoms with Gasteiger partial charge >= 0.3 is 0 Å². The third-order valence-electron chi connectivity index (χ3n) is 3.11. The molecule has 0 fully saturated rings. The number of aromatic amines is 1. The van der Waals surface area contributed by atoms with E-state index >= 15 is 0 Å². The molecule has 110 valence electrons. The molecule has 1 aromatic heterocycles. The predicted octanol–water partition coefficient (Wildman–Crippen LogP) is 1.77. The number of benzene rings is 1. The molecule has 0 bridgehead atoms. The molecule has 0 saturated carbocycles. The Hall–Kier alpha value is -2.70. The molecule has 1 aromatic carbocycles. The van der Waals surface area contributed by atoms with Crippen molar-refractivity contribution in [2.45, 2.75) is 13.8 Å². The number of rotatable bonds is 4. The third-order valence-corrected chi connectivity index (χ3v) is 3.11. The van der Waals surface area contributed by atoms with Crippen molar-refractivity contribution in [3.05, 3.63) is 29.6 Å². The van der Waals surface area contributed by atoms with Gasteiger partial charge in [0.25, 0.3) is 5.91 Å². The van der Waals surface area contributed by atoms with Crippen molar-refractivity contribution in [2.24, 2.45) is 0 Å². The lowest BCUT2D eigenvalue weighted by molar-refractivity contribution is -0.118. The van der Waals surface area contributed by atoms with Crippen molar-refractivity contribution in [1.29, 1.82) is 0 Å². The standard InChI is InChI=1S/C14H15N3O4/c1-8-14(9(2)17-16-8)15-13(18)6-19-10-3-4-11-12(5-10)21-7-20-11/h3-5H,6-7H2,1-2H3,(H,15,18)(H,16,17). The molecule has 0 saturated heterocycles. The monoisotopic (exact) mass is 289 g/mol. The molecule has 2 heterocycles. The molecule has 0 atom stereocenters. The largest absolute Gasteiger partial charge is 0.484 e. The number of aryl methyl sites for hydroxylation is 2. The summed E-state index contributed by atoms with van der Waals surface area (Å²) in [5.74, 6) is 1.60. The molecule has 3 rings (SSSR count). The van der Waals surface area contributed by atoms with Gasteiger partial charge < -0.3 is 19.5 Å². The molecule has 7 heteroatoms. The van der Waals surface area contributed by atoms with E-state index in [1.165, 1.54) is 0 Å². The number of ether oxygens (including phenoxy) is 3. The van der Waals surface area contributed by atoms with E-state index in [0.717, 1.165) is 11.4 Å². The highest BCUT2D eigenvalue weighted by molar-refractivity contribution is 5.92. The maximum Gasteiger partial charge on any atom is 0.262 e. The van der Waals surface area contributed by atoms with E-state index in [1.54, 1.807) is 18.2 Å². The van der Waals surface area contributed by atoms with Crippen molar-refractivity contribution in [3.8, 4) is 17.2 Å².